The highest BCUT2D eigenvalue weighted by molar-refractivity contribution is 5.86. The van der Waals surface area contributed by atoms with Gasteiger partial charge in [0.15, 0.2) is 6.17 Å². The zero-order valence-corrected chi connectivity index (χ0v) is 9.13. The van der Waals surface area contributed by atoms with E-state index in [4.69, 9.17) is 0 Å². The van der Waals surface area contributed by atoms with E-state index in [1.807, 2.05) is 6.92 Å². The van der Waals surface area contributed by atoms with Crippen LogP contribution in [0.4, 0.5) is 0 Å². The third-order valence-corrected chi connectivity index (χ3v) is 2.92. The van der Waals surface area contributed by atoms with Gasteiger partial charge in [-0.3, -0.25) is 4.79 Å². The van der Waals surface area contributed by atoms with E-state index in [0.717, 1.165) is 17.6 Å². The van der Waals surface area contributed by atoms with Crippen LogP contribution in [-0.4, -0.2) is 36.7 Å². The quantitative estimate of drug-likeness (QED) is 0.388. The van der Waals surface area contributed by atoms with Gasteiger partial charge >= 0.3 is 0 Å². The van der Waals surface area contributed by atoms with Gasteiger partial charge in [0, 0.05) is 6.92 Å². The minimum Gasteiger partial charge on any atom is -0.307 e. The lowest BCUT2D eigenvalue weighted by molar-refractivity contribution is -0.930. The summed E-state index contributed by atoms with van der Waals surface area (Å²) in [6.45, 7) is 11.7. The number of rotatable bonds is 5. The molecule has 0 aromatic carbocycles. The van der Waals surface area contributed by atoms with Crippen LogP contribution in [0, 0.1) is 0 Å². The lowest BCUT2D eigenvalue weighted by Crippen LogP contribution is -2.58. The van der Waals surface area contributed by atoms with Gasteiger partial charge in [0.05, 0.1) is 20.1 Å². The van der Waals surface area contributed by atoms with Crippen LogP contribution in [0.15, 0.2) is 12.7 Å². The molecule has 1 amide bonds. The molecule has 0 aliphatic rings. The molecule has 3 heteroatoms. The van der Waals surface area contributed by atoms with Crippen LogP contribution in [0.25, 0.3) is 0 Å². The molecule has 76 valence electrons. The fourth-order valence-corrected chi connectivity index (χ4v) is 1.19. The highest BCUT2D eigenvalue weighted by Gasteiger charge is 2.25. The number of hydrogen-bond donors (Lipinski definition) is 1. The molecule has 0 rings (SSSR count). The molecule has 13 heavy (non-hydrogen) atoms. The first kappa shape index (κ1) is 12.2. The van der Waals surface area contributed by atoms with Gasteiger partial charge < -0.3 is 9.80 Å². The molecule has 0 fully saturated rings. The molecule has 0 aliphatic carbocycles. The summed E-state index contributed by atoms with van der Waals surface area (Å²) in [5, 5.41) is 2.89. The van der Waals surface area contributed by atoms with Gasteiger partial charge in [0.2, 0.25) is 5.91 Å². The molecule has 0 saturated carbocycles. The average molecular weight is 185 g/mol. The van der Waals surface area contributed by atoms with E-state index in [1.54, 1.807) is 0 Å². The van der Waals surface area contributed by atoms with Crippen molar-refractivity contribution in [2.24, 2.45) is 0 Å². The van der Waals surface area contributed by atoms with Crippen LogP contribution in [-0.2, 0) is 4.79 Å². The molecule has 1 unspecified atom stereocenters. The molecule has 0 bridgehead atoms. The smallest absolute Gasteiger partial charge is 0.247 e. The van der Waals surface area contributed by atoms with Crippen LogP contribution in [0.5, 0.6) is 0 Å². The fourth-order valence-electron chi connectivity index (χ4n) is 1.19. The highest BCUT2D eigenvalue weighted by Crippen LogP contribution is 2.06. The molecule has 1 N–H and O–H groups in total. The molecule has 0 aromatic heterocycles. The summed E-state index contributed by atoms with van der Waals surface area (Å²) in [4.78, 5) is 11.1. The second kappa shape index (κ2) is 5.02. The predicted octanol–water partition coefficient (Wildman–Crippen LogP) is 1.12. The standard InChI is InChI=1S/C10H20N2O/c1-6-10(13)11-9(4)12(5,7-2)8-3/h6,9H,1,7-8H2,2-5H3/p+1. The van der Waals surface area contributed by atoms with E-state index in [9.17, 15) is 4.79 Å². The van der Waals surface area contributed by atoms with Gasteiger partial charge in [-0.15, -0.1) is 0 Å². The number of nitrogens with zero attached hydrogens (tertiary/aromatic N) is 1. The Morgan fingerprint density at radius 3 is 2.31 bits per heavy atom. The van der Waals surface area contributed by atoms with Crippen molar-refractivity contribution in [3.63, 3.8) is 0 Å². The van der Waals surface area contributed by atoms with Crippen molar-refractivity contribution in [1.82, 2.24) is 5.32 Å². The van der Waals surface area contributed by atoms with Crippen molar-refractivity contribution in [2.75, 3.05) is 20.1 Å². The van der Waals surface area contributed by atoms with Crippen molar-refractivity contribution in [2.45, 2.75) is 26.9 Å². The summed E-state index contributed by atoms with van der Waals surface area (Å²) in [5.74, 6) is -0.0984. The number of quaternary nitrogens is 1. The predicted molar refractivity (Wildman–Crippen MR) is 55.1 cm³/mol. The van der Waals surface area contributed by atoms with Crippen LogP contribution in [0.1, 0.15) is 20.8 Å². The summed E-state index contributed by atoms with van der Waals surface area (Å²) < 4.78 is 0.847. The van der Waals surface area contributed by atoms with Gasteiger partial charge in [0.25, 0.3) is 0 Å². The Kier molecular flexibility index (Phi) is 4.70. The molecule has 1 atom stereocenters. The van der Waals surface area contributed by atoms with Crippen LogP contribution in [0.2, 0.25) is 0 Å². The zero-order valence-electron chi connectivity index (χ0n) is 9.13. The third kappa shape index (κ3) is 3.19. The van der Waals surface area contributed by atoms with Crippen molar-refractivity contribution in [1.29, 1.82) is 0 Å². The number of carbonyl (C=O) groups excluding carboxylic acids is 1. The summed E-state index contributed by atoms with van der Waals surface area (Å²) in [5.41, 5.74) is 0. The monoisotopic (exact) mass is 185 g/mol. The Hall–Kier alpha value is -0.830. The van der Waals surface area contributed by atoms with Gasteiger partial charge in [-0.25, -0.2) is 0 Å². The van der Waals surface area contributed by atoms with E-state index in [1.165, 1.54) is 6.08 Å². The number of hydrogen-bond acceptors (Lipinski definition) is 1. The Morgan fingerprint density at radius 1 is 1.54 bits per heavy atom. The second-order valence-corrected chi connectivity index (χ2v) is 3.50. The number of amides is 1. The highest BCUT2D eigenvalue weighted by atomic mass is 16.1. The molecule has 0 spiro atoms. The summed E-state index contributed by atoms with van der Waals surface area (Å²) in [6, 6.07) is 0. The van der Waals surface area contributed by atoms with Crippen LogP contribution < -0.4 is 5.32 Å². The van der Waals surface area contributed by atoms with Crippen LogP contribution in [0.3, 0.4) is 0 Å². The minimum absolute atomic E-state index is 0.0984. The third-order valence-electron chi connectivity index (χ3n) is 2.92. The lowest BCUT2D eigenvalue weighted by Gasteiger charge is -2.38. The molecule has 0 saturated heterocycles. The van der Waals surface area contributed by atoms with Crippen molar-refractivity contribution in [3.8, 4) is 0 Å². The fraction of sp³-hybridized carbons (Fsp3) is 0.700. The minimum atomic E-state index is -0.0984. The van der Waals surface area contributed by atoms with Gasteiger partial charge in [-0.05, 0) is 19.9 Å². The topological polar surface area (TPSA) is 29.1 Å². The van der Waals surface area contributed by atoms with E-state index >= 15 is 0 Å². The maximum Gasteiger partial charge on any atom is 0.247 e. The summed E-state index contributed by atoms with van der Waals surface area (Å²) in [7, 11) is 2.13. The molecule has 0 aromatic rings. The Balaban J connectivity index is 4.29. The first-order chi connectivity index (χ1) is 6.00. The van der Waals surface area contributed by atoms with Gasteiger partial charge in [-0.2, -0.15) is 0 Å². The Labute approximate surface area is 81.0 Å². The SMILES string of the molecule is C=CC(=O)NC(C)[N+](C)(CC)CC. The zero-order chi connectivity index (χ0) is 10.5. The van der Waals surface area contributed by atoms with E-state index in [2.05, 4.69) is 32.8 Å². The first-order valence-electron chi connectivity index (χ1n) is 4.77. The van der Waals surface area contributed by atoms with Crippen molar-refractivity contribution < 1.29 is 9.28 Å². The summed E-state index contributed by atoms with van der Waals surface area (Å²) in [6.07, 6.45) is 1.45. The Morgan fingerprint density at radius 2 is 2.00 bits per heavy atom. The molecule has 0 heterocycles. The number of carbonyl (C=O) groups is 1. The molecule has 0 aliphatic heterocycles. The van der Waals surface area contributed by atoms with Crippen molar-refractivity contribution >= 4 is 5.91 Å². The summed E-state index contributed by atoms with van der Waals surface area (Å²) >= 11 is 0. The van der Waals surface area contributed by atoms with E-state index < -0.39 is 0 Å². The van der Waals surface area contributed by atoms with E-state index in [0.29, 0.717) is 0 Å². The normalized spacial score (nSPS) is 13.5. The Bertz CT molecular complexity index is 185. The first-order valence-corrected chi connectivity index (χ1v) is 4.77. The molecular weight excluding hydrogens is 164 g/mol. The number of nitrogens with one attached hydrogen (secondary N) is 1. The van der Waals surface area contributed by atoms with Crippen molar-refractivity contribution in [3.05, 3.63) is 12.7 Å². The molecule has 0 radical (unpaired) electrons. The van der Waals surface area contributed by atoms with Crippen LogP contribution >= 0.6 is 0 Å². The van der Waals surface area contributed by atoms with Gasteiger partial charge in [0.1, 0.15) is 0 Å². The lowest BCUT2D eigenvalue weighted by atomic mass is 10.3. The largest absolute Gasteiger partial charge is 0.307 e. The van der Waals surface area contributed by atoms with E-state index in [-0.39, 0.29) is 12.1 Å². The second-order valence-electron chi connectivity index (χ2n) is 3.50. The maximum absolute atomic E-state index is 11.1. The molecule has 3 nitrogen and oxygen atoms in total. The molecular formula is C10H21N2O+. The maximum atomic E-state index is 11.1. The average Bonchev–Trinajstić information content (AvgIpc) is 2.16. The van der Waals surface area contributed by atoms with Gasteiger partial charge in [-0.1, -0.05) is 6.58 Å².